The van der Waals surface area contributed by atoms with Crippen molar-refractivity contribution >= 4 is 17.4 Å². The van der Waals surface area contributed by atoms with Crippen LogP contribution in [0.3, 0.4) is 0 Å². The summed E-state index contributed by atoms with van der Waals surface area (Å²) in [4.78, 5) is 26.4. The van der Waals surface area contributed by atoms with Crippen LogP contribution >= 0.6 is 0 Å². The Hall–Kier alpha value is -2.40. The van der Waals surface area contributed by atoms with E-state index in [4.69, 9.17) is 0 Å². The summed E-state index contributed by atoms with van der Waals surface area (Å²) >= 11 is 0. The Morgan fingerprint density at radius 1 is 1.08 bits per heavy atom. The molecule has 0 spiro atoms. The Morgan fingerprint density at radius 3 is 2.28 bits per heavy atom. The molecule has 0 aliphatic rings. The molecular weight excluding hydrogens is 314 g/mol. The number of benzene rings is 1. The zero-order chi connectivity index (χ0) is 18.6. The quantitative estimate of drug-likeness (QED) is 0.787. The van der Waals surface area contributed by atoms with Crippen LogP contribution < -0.4 is 5.32 Å². The highest BCUT2D eigenvalue weighted by Gasteiger charge is 2.17. The molecule has 134 valence electrons. The van der Waals surface area contributed by atoms with E-state index in [1.54, 1.807) is 11.9 Å². The first kappa shape index (κ1) is 18.9. The lowest BCUT2D eigenvalue weighted by molar-refractivity contribution is -0.116. The third-order valence-corrected chi connectivity index (χ3v) is 4.35. The van der Waals surface area contributed by atoms with E-state index in [0.717, 1.165) is 34.7 Å². The molecule has 0 atom stereocenters. The van der Waals surface area contributed by atoms with Gasteiger partial charge < -0.3 is 9.88 Å². The highest BCUT2D eigenvalue weighted by Crippen LogP contribution is 2.16. The van der Waals surface area contributed by atoms with E-state index in [1.165, 1.54) is 0 Å². The van der Waals surface area contributed by atoms with Gasteiger partial charge in [-0.15, -0.1) is 0 Å². The van der Waals surface area contributed by atoms with Crippen molar-refractivity contribution in [3.8, 4) is 0 Å². The number of Topliss-reactive ketones (excluding diaryl/α,β-unsaturated/α-hetero) is 1. The van der Waals surface area contributed by atoms with Crippen molar-refractivity contribution in [1.29, 1.82) is 0 Å². The van der Waals surface area contributed by atoms with Gasteiger partial charge in [-0.2, -0.15) is 0 Å². The highest BCUT2D eigenvalue weighted by molar-refractivity contribution is 5.99. The normalized spacial score (nSPS) is 11.0. The van der Waals surface area contributed by atoms with Gasteiger partial charge in [0.15, 0.2) is 5.78 Å². The number of nitrogens with one attached hydrogen (secondary N) is 1. The summed E-state index contributed by atoms with van der Waals surface area (Å²) in [6.45, 7) is 9.28. The lowest BCUT2D eigenvalue weighted by atomic mass is 10.1. The summed E-state index contributed by atoms with van der Waals surface area (Å²) in [6.07, 6.45) is 0. The minimum absolute atomic E-state index is 0.0402. The van der Waals surface area contributed by atoms with E-state index in [1.807, 2.05) is 51.1 Å². The summed E-state index contributed by atoms with van der Waals surface area (Å²) in [5.74, 6) is -0.0865. The number of carbonyl (C=O) groups is 2. The summed E-state index contributed by atoms with van der Waals surface area (Å²) in [5, 5.41) is 2.85. The number of likely N-dealkylation sites (N-methyl/N-ethyl adjacent to an activating group) is 1. The van der Waals surface area contributed by atoms with E-state index < -0.39 is 0 Å². The molecule has 2 rings (SSSR count). The fourth-order valence-electron chi connectivity index (χ4n) is 3.04. The Labute approximate surface area is 149 Å². The maximum atomic E-state index is 12.5. The predicted octanol–water partition coefficient (Wildman–Crippen LogP) is 3.19. The lowest BCUT2D eigenvalue weighted by Crippen LogP contribution is -2.34. The molecule has 0 aliphatic heterocycles. The average molecular weight is 341 g/mol. The van der Waals surface area contributed by atoms with Gasteiger partial charge in [0.25, 0.3) is 0 Å². The van der Waals surface area contributed by atoms with Gasteiger partial charge in [0.05, 0.1) is 13.1 Å². The van der Waals surface area contributed by atoms with Crippen molar-refractivity contribution in [2.75, 3.05) is 25.5 Å². The molecule has 25 heavy (non-hydrogen) atoms. The van der Waals surface area contributed by atoms with Gasteiger partial charge in [-0.25, -0.2) is 0 Å². The molecule has 5 nitrogen and oxygen atoms in total. The molecule has 1 aromatic carbocycles. The SMILES string of the molecule is CCn1c(C)cc(C(=O)CN(C)CC(=O)Nc2ccc(C)cc2)c1C. The minimum Gasteiger partial charge on any atom is -0.349 e. The Balaban J connectivity index is 1.93. The number of nitrogens with zero attached hydrogens (tertiary/aromatic N) is 2. The van der Waals surface area contributed by atoms with Gasteiger partial charge in [0, 0.05) is 29.2 Å². The Morgan fingerprint density at radius 2 is 1.72 bits per heavy atom. The summed E-state index contributed by atoms with van der Waals surface area (Å²) in [6, 6.07) is 9.58. The number of aromatic nitrogens is 1. The third kappa shape index (κ3) is 4.79. The average Bonchev–Trinajstić information content (AvgIpc) is 2.83. The molecule has 0 saturated carbocycles. The molecule has 5 heteroatoms. The van der Waals surface area contributed by atoms with Crippen molar-refractivity contribution in [3.05, 3.63) is 52.8 Å². The molecule has 1 aromatic heterocycles. The zero-order valence-corrected chi connectivity index (χ0v) is 15.7. The van der Waals surface area contributed by atoms with E-state index >= 15 is 0 Å². The maximum absolute atomic E-state index is 12.5. The first-order valence-corrected chi connectivity index (χ1v) is 8.56. The second-order valence-electron chi connectivity index (χ2n) is 6.54. The van der Waals surface area contributed by atoms with Crippen molar-refractivity contribution in [1.82, 2.24) is 9.47 Å². The van der Waals surface area contributed by atoms with Crippen LogP contribution in [-0.2, 0) is 11.3 Å². The molecule has 0 fully saturated rings. The van der Waals surface area contributed by atoms with Gasteiger partial charge in [0.1, 0.15) is 0 Å². The predicted molar refractivity (Wildman–Crippen MR) is 101 cm³/mol. The number of carbonyl (C=O) groups excluding carboxylic acids is 2. The topological polar surface area (TPSA) is 54.3 Å². The fraction of sp³-hybridized carbons (Fsp3) is 0.400. The van der Waals surface area contributed by atoms with Crippen LogP contribution in [0.1, 0.15) is 34.2 Å². The zero-order valence-electron chi connectivity index (χ0n) is 15.7. The van der Waals surface area contributed by atoms with Gasteiger partial charge in [-0.3, -0.25) is 14.5 Å². The molecule has 1 heterocycles. The second-order valence-corrected chi connectivity index (χ2v) is 6.54. The number of anilines is 1. The number of aryl methyl sites for hydroxylation is 2. The van der Waals surface area contributed by atoms with Crippen molar-refractivity contribution in [2.45, 2.75) is 34.2 Å². The molecule has 0 bridgehead atoms. The molecular formula is C20H27N3O2. The maximum Gasteiger partial charge on any atom is 0.238 e. The molecule has 0 radical (unpaired) electrons. The lowest BCUT2D eigenvalue weighted by Gasteiger charge is -2.15. The molecule has 0 aliphatic carbocycles. The molecule has 0 saturated heterocycles. The summed E-state index contributed by atoms with van der Waals surface area (Å²) < 4.78 is 2.12. The standard InChI is InChI=1S/C20H27N3O2/c1-6-23-15(3)11-18(16(23)4)19(24)12-22(5)13-20(25)21-17-9-7-14(2)8-10-17/h7-11H,6,12-13H2,1-5H3,(H,21,25). The first-order chi connectivity index (χ1) is 11.8. The Bertz CT molecular complexity index is 760. The van der Waals surface area contributed by atoms with E-state index in [0.29, 0.717) is 0 Å². The van der Waals surface area contributed by atoms with Gasteiger partial charge in [-0.1, -0.05) is 17.7 Å². The van der Waals surface area contributed by atoms with Gasteiger partial charge in [0.2, 0.25) is 5.91 Å². The number of hydrogen-bond donors (Lipinski definition) is 1. The van der Waals surface area contributed by atoms with Gasteiger partial charge >= 0.3 is 0 Å². The number of rotatable bonds is 7. The number of amides is 1. The largest absolute Gasteiger partial charge is 0.349 e. The summed E-state index contributed by atoms with van der Waals surface area (Å²) in [5.41, 5.74) is 4.72. The minimum atomic E-state index is -0.127. The van der Waals surface area contributed by atoms with E-state index in [9.17, 15) is 9.59 Å². The molecule has 0 unspecified atom stereocenters. The van der Waals surface area contributed by atoms with Crippen molar-refractivity contribution in [2.24, 2.45) is 0 Å². The molecule has 1 N–H and O–H groups in total. The van der Waals surface area contributed by atoms with Crippen LogP contribution in [0.15, 0.2) is 30.3 Å². The van der Waals surface area contributed by atoms with E-state index in [-0.39, 0.29) is 24.8 Å². The first-order valence-electron chi connectivity index (χ1n) is 8.56. The van der Waals surface area contributed by atoms with Crippen LogP contribution in [-0.4, -0.2) is 41.3 Å². The van der Waals surface area contributed by atoms with Crippen LogP contribution in [0.25, 0.3) is 0 Å². The van der Waals surface area contributed by atoms with Crippen molar-refractivity contribution in [3.63, 3.8) is 0 Å². The molecule has 1 amide bonds. The second kappa shape index (κ2) is 8.12. The van der Waals surface area contributed by atoms with Crippen molar-refractivity contribution < 1.29 is 9.59 Å². The monoisotopic (exact) mass is 341 g/mol. The Kier molecular flexibility index (Phi) is 6.15. The smallest absolute Gasteiger partial charge is 0.238 e. The fourth-order valence-corrected chi connectivity index (χ4v) is 3.04. The van der Waals surface area contributed by atoms with Crippen LogP contribution in [0.5, 0.6) is 0 Å². The number of hydrogen-bond acceptors (Lipinski definition) is 3. The summed E-state index contributed by atoms with van der Waals surface area (Å²) in [7, 11) is 1.78. The van der Waals surface area contributed by atoms with Crippen LogP contribution in [0.4, 0.5) is 5.69 Å². The van der Waals surface area contributed by atoms with E-state index in [2.05, 4.69) is 16.8 Å². The molecule has 2 aromatic rings. The third-order valence-electron chi connectivity index (χ3n) is 4.35. The number of ketones is 1. The van der Waals surface area contributed by atoms with Crippen LogP contribution in [0, 0.1) is 20.8 Å². The van der Waals surface area contributed by atoms with Crippen LogP contribution in [0.2, 0.25) is 0 Å². The highest BCUT2D eigenvalue weighted by atomic mass is 16.2. The van der Waals surface area contributed by atoms with Gasteiger partial charge in [-0.05, 0) is 52.9 Å².